The van der Waals surface area contributed by atoms with E-state index in [0.29, 0.717) is 32.6 Å². The molecule has 0 saturated heterocycles. The molecule has 2 aromatic rings. The van der Waals surface area contributed by atoms with Crippen molar-refractivity contribution in [1.82, 2.24) is 10.2 Å². The third-order valence-electron chi connectivity index (χ3n) is 5.34. The molecular weight excluding hydrogens is 404 g/mol. The van der Waals surface area contributed by atoms with Gasteiger partial charge in [0.05, 0.1) is 0 Å². The van der Waals surface area contributed by atoms with Gasteiger partial charge in [0.25, 0.3) is 0 Å². The van der Waals surface area contributed by atoms with Gasteiger partial charge in [0, 0.05) is 18.5 Å². The van der Waals surface area contributed by atoms with Gasteiger partial charge in [0.2, 0.25) is 11.8 Å². The fourth-order valence-corrected chi connectivity index (χ4v) is 3.70. The van der Waals surface area contributed by atoms with Gasteiger partial charge in [-0.05, 0) is 64.3 Å². The van der Waals surface area contributed by atoms with Crippen LogP contribution in [0.5, 0.6) is 11.5 Å². The molecule has 1 atom stereocenters. The number of hydrogen-bond acceptors (Lipinski definition) is 4. The molecule has 172 valence electrons. The summed E-state index contributed by atoms with van der Waals surface area (Å²) in [5.41, 5.74) is 2.77. The molecule has 1 N–H and O–H groups in total. The summed E-state index contributed by atoms with van der Waals surface area (Å²) in [5.74, 6) is 1.24. The number of nitrogens with one attached hydrogen (secondary N) is 1. The van der Waals surface area contributed by atoms with Gasteiger partial charge in [-0.1, -0.05) is 35.9 Å². The van der Waals surface area contributed by atoms with E-state index in [1.165, 1.54) is 0 Å². The Morgan fingerprint density at radius 1 is 1.03 bits per heavy atom. The molecule has 0 aliphatic carbocycles. The Labute approximate surface area is 190 Å². The molecule has 1 aliphatic rings. The Morgan fingerprint density at radius 2 is 1.75 bits per heavy atom. The van der Waals surface area contributed by atoms with Crippen molar-refractivity contribution in [2.24, 2.45) is 0 Å². The molecule has 6 nitrogen and oxygen atoms in total. The molecule has 3 rings (SSSR count). The molecule has 2 aromatic carbocycles. The van der Waals surface area contributed by atoms with Gasteiger partial charge in [-0.3, -0.25) is 9.59 Å². The van der Waals surface area contributed by atoms with Gasteiger partial charge in [-0.15, -0.1) is 0 Å². The second-order valence-corrected chi connectivity index (χ2v) is 9.40. The van der Waals surface area contributed by atoms with Gasteiger partial charge in [-0.25, -0.2) is 0 Å². The zero-order valence-electron chi connectivity index (χ0n) is 19.7. The first-order chi connectivity index (χ1) is 15.1. The third-order valence-corrected chi connectivity index (χ3v) is 5.34. The van der Waals surface area contributed by atoms with Crippen LogP contribution in [0.3, 0.4) is 0 Å². The number of aryl methyl sites for hydroxylation is 2. The fraction of sp³-hybridized carbons (Fsp3) is 0.462. The SMILES string of the molecule is Cc1cccc(CN(C(=O)CCc2ccc3c(c2)OCCO3)[C@@H](C)C(=O)NC(C)(C)C)c1. The van der Waals surface area contributed by atoms with Crippen LogP contribution in [0.2, 0.25) is 0 Å². The minimum atomic E-state index is -0.581. The number of fused-ring (bicyclic) bond motifs is 1. The molecule has 0 bridgehead atoms. The number of carbonyl (C=O) groups excluding carboxylic acids is 2. The van der Waals surface area contributed by atoms with E-state index in [0.717, 1.165) is 28.2 Å². The highest BCUT2D eigenvalue weighted by molar-refractivity contribution is 5.87. The molecule has 1 aliphatic heterocycles. The Morgan fingerprint density at radius 3 is 2.44 bits per heavy atom. The standard InChI is InChI=1S/C26H34N2O4/c1-18-7-6-8-21(15-18)17-28(19(2)25(30)27-26(3,4)5)24(29)12-10-20-9-11-22-23(16-20)32-14-13-31-22/h6-9,11,15-16,19H,10,12-14,17H2,1-5H3,(H,27,30)/t19-/m0/s1. The summed E-state index contributed by atoms with van der Waals surface area (Å²) >= 11 is 0. The van der Waals surface area contributed by atoms with Crippen molar-refractivity contribution in [3.05, 3.63) is 59.2 Å². The van der Waals surface area contributed by atoms with Crippen LogP contribution in [0.4, 0.5) is 0 Å². The summed E-state index contributed by atoms with van der Waals surface area (Å²) in [7, 11) is 0. The molecule has 0 unspecified atom stereocenters. The van der Waals surface area contributed by atoms with Gasteiger partial charge >= 0.3 is 0 Å². The summed E-state index contributed by atoms with van der Waals surface area (Å²) in [6.07, 6.45) is 0.867. The van der Waals surface area contributed by atoms with Gasteiger partial charge in [-0.2, -0.15) is 0 Å². The zero-order valence-corrected chi connectivity index (χ0v) is 19.7. The van der Waals surface area contributed by atoms with Crippen molar-refractivity contribution < 1.29 is 19.1 Å². The van der Waals surface area contributed by atoms with Gasteiger partial charge in [0.15, 0.2) is 11.5 Å². The molecule has 32 heavy (non-hydrogen) atoms. The van der Waals surface area contributed by atoms with Crippen molar-refractivity contribution in [3.8, 4) is 11.5 Å². The Kier molecular flexibility index (Phi) is 7.44. The van der Waals surface area contributed by atoms with E-state index in [2.05, 4.69) is 11.4 Å². The van der Waals surface area contributed by atoms with Gasteiger partial charge < -0.3 is 19.7 Å². The first-order valence-corrected chi connectivity index (χ1v) is 11.2. The van der Waals surface area contributed by atoms with Crippen LogP contribution in [0.25, 0.3) is 0 Å². The lowest BCUT2D eigenvalue weighted by molar-refractivity contribution is -0.141. The highest BCUT2D eigenvalue weighted by Crippen LogP contribution is 2.31. The first-order valence-electron chi connectivity index (χ1n) is 11.2. The zero-order chi connectivity index (χ0) is 23.3. The fourth-order valence-electron chi connectivity index (χ4n) is 3.70. The Balaban J connectivity index is 1.73. The number of rotatable bonds is 7. The molecule has 6 heteroatoms. The average Bonchev–Trinajstić information content (AvgIpc) is 2.74. The van der Waals surface area contributed by atoms with Crippen molar-refractivity contribution in [2.75, 3.05) is 13.2 Å². The van der Waals surface area contributed by atoms with E-state index >= 15 is 0 Å². The molecule has 0 aromatic heterocycles. The van der Waals surface area contributed by atoms with Crippen molar-refractivity contribution in [2.45, 2.75) is 65.6 Å². The molecule has 0 spiro atoms. The lowest BCUT2D eigenvalue weighted by atomic mass is 10.1. The lowest BCUT2D eigenvalue weighted by Crippen LogP contribution is -2.52. The number of ether oxygens (including phenoxy) is 2. The predicted molar refractivity (Wildman–Crippen MR) is 125 cm³/mol. The maximum absolute atomic E-state index is 13.3. The van der Waals surface area contributed by atoms with Crippen LogP contribution in [-0.4, -0.2) is 41.5 Å². The van der Waals surface area contributed by atoms with Crippen molar-refractivity contribution in [3.63, 3.8) is 0 Å². The predicted octanol–water partition coefficient (Wildman–Crippen LogP) is 4.03. The highest BCUT2D eigenvalue weighted by Gasteiger charge is 2.28. The van der Waals surface area contributed by atoms with E-state index in [4.69, 9.17) is 9.47 Å². The van der Waals surface area contributed by atoms with Crippen LogP contribution < -0.4 is 14.8 Å². The third kappa shape index (κ3) is 6.49. The summed E-state index contributed by atoms with van der Waals surface area (Å²) in [6, 6.07) is 13.2. The second kappa shape index (κ2) is 10.1. The van der Waals surface area contributed by atoms with Crippen LogP contribution >= 0.6 is 0 Å². The van der Waals surface area contributed by atoms with Gasteiger partial charge in [0.1, 0.15) is 19.3 Å². The smallest absolute Gasteiger partial charge is 0.242 e. The number of carbonyl (C=O) groups is 2. The summed E-state index contributed by atoms with van der Waals surface area (Å²) in [6.45, 7) is 11.1. The topological polar surface area (TPSA) is 67.9 Å². The number of nitrogens with zero attached hydrogens (tertiary/aromatic N) is 1. The molecule has 2 amide bonds. The first kappa shape index (κ1) is 23.6. The normalized spacial score (nSPS) is 13.9. The lowest BCUT2D eigenvalue weighted by Gasteiger charge is -2.31. The van der Waals surface area contributed by atoms with E-state index < -0.39 is 6.04 Å². The minimum absolute atomic E-state index is 0.0574. The van der Waals surface area contributed by atoms with E-state index in [-0.39, 0.29) is 17.4 Å². The molecule has 0 fully saturated rings. The van der Waals surface area contributed by atoms with Crippen LogP contribution in [0.1, 0.15) is 50.8 Å². The summed E-state index contributed by atoms with van der Waals surface area (Å²) in [4.78, 5) is 27.8. The monoisotopic (exact) mass is 438 g/mol. The molecular formula is C26H34N2O4. The Hall–Kier alpha value is -3.02. The Bertz CT molecular complexity index is 965. The maximum atomic E-state index is 13.3. The largest absolute Gasteiger partial charge is 0.486 e. The van der Waals surface area contributed by atoms with Crippen LogP contribution in [0.15, 0.2) is 42.5 Å². The second-order valence-electron chi connectivity index (χ2n) is 9.40. The van der Waals surface area contributed by atoms with Crippen molar-refractivity contribution >= 4 is 11.8 Å². The molecule has 0 saturated carbocycles. The van der Waals surface area contributed by atoms with Crippen LogP contribution in [-0.2, 0) is 22.6 Å². The highest BCUT2D eigenvalue weighted by atomic mass is 16.6. The summed E-state index contributed by atoms with van der Waals surface area (Å²) in [5, 5.41) is 3.00. The maximum Gasteiger partial charge on any atom is 0.242 e. The number of hydrogen-bond donors (Lipinski definition) is 1. The minimum Gasteiger partial charge on any atom is -0.486 e. The average molecular weight is 439 g/mol. The summed E-state index contributed by atoms with van der Waals surface area (Å²) < 4.78 is 11.2. The molecule has 0 radical (unpaired) electrons. The van der Waals surface area contributed by atoms with E-state index in [1.54, 1.807) is 11.8 Å². The number of amides is 2. The van der Waals surface area contributed by atoms with Crippen LogP contribution in [0, 0.1) is 6.92 Å². The van der Waals surface area contributed by atoms with E-state index in [1.807, 2.05) is 64.1 Å². The van der Waals surface area contributed by atoms with E-state index in [9.17, 15) is 9.59 Å². The van der Waals surface area contributed by atoms with Crippen molar-refractivity contribution in [1.29, 1.82) is 0 Å². The quantitative estimate of drug-likeness (QED) is 0.709. The molecule has 1 heterocycles. The number of benzene rings is 2.